The fourth-order valence-corrected chi connectivity index (χ4v) is 2.23. The average Bonchev–Trinajstić information content (AvgIpc) is 2.58. The molecule has 2 aromatic rings. The number of benzene rings is 1. The standard InChI is InChI=1S/C11H11BrFNO/c12-10-5-8(13)4-9-7(2-1-3-15)6-14-11(9)10/h4-6,14-15H,1-3H2. The Kier molecular flexibility index (Phi) is 3.07. The zero-order valence-corrected chi connectivity index (χ0v) is 9.64. The maximum absolute atomic E-state index is 13.2. The third kappa shape index (κ3) is 2.06. The molecule has 0 saturated heterocycles. The van der Waals surface area contributed by atoms with Crippen LogP contribution in [0.4, 0.5) is 4.39 Å². The van der Waals surface area contributed by atoms with Crippen molar-refractivity contribution in [2.24, 2.45) is 0 Å². The molecule has 1 heterocycles. The van der Waals surface area contributed by atoms with Gasteiger partial charge in [-0.15, -0.1) is 0 Å². The van der Waals surface area contributed by atoms with Gasteiger partial charge in [0.25, 0.3) is 0 Å². The molecule has 0 fully saturated rings. The lowest BCUT2D eigenvalue weighted by atomic mass is 10.1. The van der Waals surface area contributed by atoms with E-state index in [-0.39, 0.29) is 12.4 Å². The lowest BCUT2D eigenvalue weighted by molar-refractivity contribution is 0.289. The number of aromatic amines is 1. The second-order valence-corrected chi connectivity index (χ2v) is 4.31. The number of rotatable bonds is 3. The molecular weight excluding hydrogens is 261 g/mol. The minimum Gasteiger partial charge on any atom is -0.396 e. The highest BCUT2D eigenvalue weighted by Gasteiger charge is 2.08. The van der Waals surface area contributed by atoms with Gasteiger partial charge in [-0.25, -0.2) is 4.39 Å². The highest BCUT2D eigenvalue weighted by atomic mass is 79.9. The first-order valence-electron chi connectivity index (χ1n) is 4.78. The van der Waals surface area contributed by atoms with Gasteiger partial charge in [0.2, 0.25) is 0 Å². The average molecular weight is 272 g/mol. The number of aliphatic hydroxyl groups is 1. The normalized spacial score (nSPS) is 11.1. The van der Waals surface area contributed by atoms with Gasteiger partial charge in [-0.3, -0.25) is 0 Å². The van der Waals surface area contributed by atoms with E-state index in [0.717, 1.165) is 27.4 Å². The van der Waals surface area contributed by atoms with E-state index in [0.29, 0.717) is 6.42 Å². The molecule has 0 radical (unpaired) electrons. The number of aromatic nitrogens is 1. The fraction of sp³-hybridized carbons (Fsp3) is 0.273. The fourth-order valence-electron chi connectivity index (χ4n) is 1.69. The number of aryl methyl sites for hydroxylation is 1. The van der Waals surface area contributed by atoms with Gasteiger partial charge in [0.15, 0.2) is 0 Å². The minimum absolute atomic E-state index is 0.156. The summed E-state index contributed by atoms with van der Waals surface area (Å²) < 4.78 is 13.9. The quantitative estimate of drug-likeness (QED) is 0.885. The lowest BCUT2D eigenvalue weighted by Gasteiger charge is -1.99. The number of fused-ring (bicyclic) bond motifs is 1. The largest absolute Gasteiger partial charge is 0.396 e. The van der Waals surface area contributed by atoms with E-state index >= 15 is 0 Å². The molecule has 80 valence electrons. The van der Waals surface area contributed by atoms with Gasteiger partial charge in [-0.2, -0.15) is 0 Å². The minimum atomic E-state index is -0.251. The first-order chi connectivity index (χ1) is 7.22. The third-order valence-corrected chi connectivity index (χ3v) is 3.02. The Morgan fingerprint density at radius 2 is 2.20 bits per heavy atom. The van der Waals surface area contributed by atoms with Crippen molar-refractivity contribution in [1.29, 1.82) is 0 Å². The second-order valence-electron chi connectivity index (χ2n) is 3.45. The van der Waals surface area contributed by atoms with E-state index in [1.807, 2.05) is 6.20 Å². The Balaban J connectivity index is 2.49. The smallest absolute Gasteiger partial charge is 0.125 e. The van der Waals surface area contributed by atoms with Crippen LogP contribution in [0.15, 0.2) is 22.8 Å². The molecule has 4 heteroatoms. The van der Waals surface area contributed by atoms with Crippen LogP contribution in [0.25, 0.3) is 10.9 Å². The summed E-state index contributed by atoms with van der Waals surface area (Å²) in [7, 11) is 0. The zero-order valence-electron chi connectivity index (χ0n) is 8.06. The number of H-pyrrole nitrogens is 1. The maximum Gasteiger partial charge on any atom is 0.125 e. The van der Waals surface area contributed by atoms with Crippen LogP contribution in [-0.4, -0.2) is 16.7 Å². The predicted molar refractivity (Wildman–Crippen MR) is 61.4 cm³/mol. The molecule has 2 rings (SSSR count). The summed E-state index contributed by atoms with van der Waals surface area (Å²) in [4.78, 5) is 3.10. The molecule has 0 aliphatic rings. The van der Waals surface area contributed by atoms with Crippen LogP contribution < -0.4 is 0 Å². The number of hydrogen-bond acceptors (Lipinski definition) is 1. The molecule has 0 unspecified atom stereocenters. The maximum atomic E-state index is 13.2. The molecule has 0 atom stereocenters. The Bertz CT molecular complexity index is 481. The molecule has 0 bridgehead atoms. The Hall–Kier alpha value is -0.870. The Morgan fingerprint density at radius 3 is 2.93 bits per heavy atom. The highest BCUT2D eigenvalue weighted by molar-refractivity contribution is 9.10. The molecule has 2 N–H and O–H groups in total. The molecule has 15 heavy (non-hydrogen) atoms. The molecular formula is C11H11BrFNO. The summed E-state index contributed by atoms with van der Waals surface area (Å²) in [5.41, 5.74) is 1.95. The van der Waals surface area contributed by atoms with Crippen molar-refractivity contribution in [2.75, 3.05) is 6.61 Å². The van der Waals surface area contributed by atoms with Gasteiger partial charge in [-0.1, -0.05) is 0 Å². The SMILES string of the molecule is OCCCc1c[nH]c2c(Br)cc(F)cc12. The molecule has 0 spiro atoms. The van der Waals surface area contributed by atoms with Crippen molar-refractivity contribution < 1.29 is 9.50 Å². The third-order valence-electron chi connectivity index (χ3n) is 2.40. The molecule has 0 aliphatic carbocycles. The summed E-state index contributed by atoms with van der Waals surface area (Å²) in [5.74, 6) is -0.251. The lowest BCUT2D eigenvalue weighted by Crippen LogP contribution is -1.88. The van der Waals surface area contributed by atoms with Crippen LogP contribution in [0.3, 0.4) is 0 Å². The van der Waals surface area contributed by atoms with Crippen LogP contribution in [0.2, 0.25) is 0 Å². The van der Waals surface area contributed by atoms with E-state index < -0.39 is 0 Å². The van der Waals surface area contributed by atoms with Gasteiger partial charge in [0, 0.05) is 22.7 Å². The zero-order chi connectivity index (χ0) is 10.8. The van der Waals surface area contributed by atoms with Crippen LogP contribution in [-0.2, 0) is 6.42 Å². The first kappa shape index (κ1) is 10.6. The van der Waals surface area contributed by atoms with Gasteiger partial charge in [-0.05, 0) is 46.5 Å². The van der Waals surface area contributed by atoms with Crippen molar-refractivity contribution in [3.05, 3.63) is 34.2 Å². The molecule has 0 amide bonds. The summed E-state index contributed by atoms with van der Waals surface area (Å²) in [6, 6.07) is 2.96. The van der Waals surface area contributed by atoms with E-state index in [9.17, 15) is 4.39 Å². The van der Waals surface area contributed by atoms with Crippen molar-refractivity contribution >= 4 is 26.8 Å². The van der Waals surface area contributed by atoms with Crippen molar-refractivity contribution in [1.82, 2.24) is 4.98 Å². The number of hydrogen-bond donors (Lipinski definition) is 2. The molecule has 1 aromatic carbocycles. The Labute approximate surface area is 95.2 Å². The van der Waals surface area contributed by atoms with Crippen LogP contribution in [0.5, 0.6) is 0 Å². The van der Waals surface area contributed by atoms with Crippen molar-refractivity contribution in [3.8, 4) is 0 Å². The number of aliphatic hydroxyl groups excluding tert-OH is 1. The Morgan fingerprint density at radius 1 is 1.40 bits per heavy atom. The van der Waals surface area contributed by atoms with E-state index in [1.54, 1.807) is 0 Å². The first-order valence-corrected chi connectivity index (χ1v) is 5.57. The molecule has 0 saturated carbocycles. The van der Waals surface area contributed by atoms with E-state index in [2.05, 4.69) is 20.9 Å². The van der Waals surface area contributed by atoms with E-state index in [1.165, 1.54) is 12.1 Å². The topological polar surface area (TPSA) is 36.0 Å². The summed E-state index contributed by atoms with van der Waals surface area (Å²) >= 11 is 3.31. The van der Waals surface area contributed by atoms with Gasteiger partial charge < -0.3 is 10.1 Å². The van der Waals surface area contributed by atoms with Crippen LogP contribution in [0, 0.1) is 5.82 Å². The van der Waals surface area contributed by atoms with E-state index in [4.69, 9.17) is 5.11 Å². The number of halogens is 2. The monoisotopic (exact) mass is 271 g/mol. The number of nitrogens with one attached hydrogen (secondary N) is 1. The van der Waals surface area contributed by atoms with Crippen molar-refractivity contribution in [3.63, 3.8) is 0 Å². The van der Waals surface area contributed by atoms with Crippen LogP contribution in [0.1, 0.15) is 12.0 Å². The van der Waals surface area contributed by atoms with Crippen LogP contribution >= 0.6 is 15.9 Å². The summed E-state index contributed by atoms with van der Waals surface area (Å²) in [5, 5.41) is 9.64. The van der Waals surface area contributed by atoms with Gasteiger partial charge in [0.05, 0.1) is 5.52 Å². The molecule has 1 aromatic heterocycles. The summed E-state index contributed by atoms with van der Waals surface area (Å²) in [6.45, 7) is 0.156. The van der Waals surface area contributed by atoms with Gasteiger partial charge >= 0.3 is 0 Å². The molecule has 2 nitrogen and oxygen atoms in total. The van der Waals surface area contributed by atoms with Gasteiger partial charge in [0.1, 0.15) is 5.82 Å². The molecule has 0 aliphatic heterocycles. The highest BCUT2D eigenvalue weighted by Crippen LogP contribution is 2.27. The summed E-state index contributed by atoms with van der Waals surface area (Å²) in [6.07, 6.45) is 3.32. The second kappa shape index (κ2) is 4.33. The predicted octanol–water partition coefficient (Wildman–Crippen LogP) is 2.99. The van der Waals surface area contributed by atoms with Crippen molar-refractivity contribution in [2.45, 2.75) is 12.8 Å².